The number of aromatic amines is 1. The number of aromatic nitrogens is 4. The normalized spacial score (nSPS) is 12.6. The van der Waals surface area contributed by atoms with E-state index in [4.69, 9.17) is 0 Å². The Hall–Kier alpha value is -2.11. The Labute approximate surface area is 125 Å². The number of carbonyl (C=O) groups is 1. The molecule has 1 unspecified atom stereocenters. The maximum absolute atomic E-state index is 12.4. The van der Waals surface area contributed by atoms with Crippen LogP contribution in [0.25, 0.3) is 0 Å². The van der Waals surface area contributed by atoms with E-state index in [1.54, 1.807) is 4.68 Å². The van der Waals surface area contributed by atoms with E-state index in [1.165, 1.54) is 6.33 Å². The zero-order valence-corrected chi connectivity index (χ0v) is 13.1. The highest BCUT2D eigenvalue weighted by atomic mass is 16.2. The average molecular weight is 289 g/mol. The van der Waals surface area contributed by atoms with Crippen molar-refractivity contribution in [1.82, 2.24) is 25.1 Å². The number of amides is 1. The molecule has 0 saturated carbocycles. The Morgan fingerprint density at radius 3 is 2.71 bits per heavy atom. The topological polar surface area (TPSA) is 75.6 Å². The molecule has 2 heterocycles. The second kappa shape index (κ2) is 6.56. The average Bonchev–Trinajstić information content (AvgIpc) is 3.05. The summed E-state index contributed by atoms with van der Waals surface area (Å²) in [7, 11) is 1.84. The van der Waals surface area contributed by atoms with Crippen molar-refractivity contribution in [2.24, 2.45) is 13.0 Å². The largest absolute Gasteiger partial charge is 0.354 e. The van der Waals surface area contributed by atoms with E-state index in [0.29, 0.717) is 11.6 Å². The molecule has 0 fully saturated rings. The summed E-state index contributed by atoms with van der Waals surface area (Å²) in [6.45, 7) is 6.30. The zero-order chi connectivity index (χ0) is 15.4. The third-order valence-electron chi connectivity index (χ3n) is 3.44. The lowest BCUT2D eigenvalue weighted by molar-refractivity contribution is 0.0924. The summed E-state index contributed by atoms with van der Waals surface area (Å²) in [4.78, 5) is 19.8. The molecule has 2 rings (SSSR count). The Bertz CT molecular complexity index is 599. The van der Waals surface area contributed by atoms with Gasteiger partial charge in [0, 0.05) is 12.7 Å². The minimum Gasteiger partial charge on any atom is -0.354 e. The predicted octanol–water partition coefficient (Wildman–Crippen LogP) is 2.22. The summed E-state index contributed by atoms with van der Waals surface area (Å²) in [6, 6.07) is 3.62. The van der Waals surface area contributed by atoms with Gasteiger partial charge in [0.25, 0.3) is 5.91 Å². The van der Waals surface area contributed by atoms with Gasteiger partial charge in [-0.3, -0.25) is 9.48 Å². The Morgan fingerprint density at radius 1 is 1.43 bits per heavy atom. The van der Waals surface area contributed by atoms with E-state index in [9.17, 15) is 4.79 Å². The molecule has 0 aromatic carbocycles. The zero-order valence-electron chi connectivity index (χ0n) is 13.1. The van der Waals surface area contributed by atoms with Crippen molar-refractivity contribution in [2.75, 3.05) is 0 Å². The molecule has 2 aromatic rings. The van der Waals surface area contributed by atoms with Crippen LogP contribution in [0.4, 0.5) is 0 Å². The number of carbonyl (C=O) groups excluding carboxylic acids is 1. The van der Waals surface area contributed by atoms with Crippen LogP contribution in [0.5, 0.6) is 0 Å². The molecule has 114 valence electrons. The van der Waals surface area contributed by atoms with Crippen LogP contribution in [0.2, 0.25) is 0 Å². The summed E-state index contributed by atoms with van der Waals surface area (Å²) in [5.74, 6) is 1.12. The van der Waals surface area contributed by atoms with E-state index in [-0.39, 0.29) is 11.9 Å². The second-order valence-corrected chi connectivity index (χ2v) is 5.65. The molecule has 6 heteroatoms. The fourth-order valence-electron chi connectivity index (χ4n) is 2.34. The van der Waals surface area contributed by atoms with E-state index < -0.39 is 0 Å². The van der Waals surface area contributed by atoms with Crippen LogP contribution in [-0.2, 0) is 13.5 Å². The Kier molecular flexibility index (Phi) is 4.77. The smallest absolute Gasteiger partial charge is 0.268 e. The van der Waals surface area contributed by atoms with Gasteiger partial charge in [0.05, 0.1) is 6.04 Å². The standard InChI is InChI=1S/C15H23N5O/c1-5-11-6-7-12(18-11)15(21)19-13(8-10(2)3)14-16-9-17-20(14)4/h6-7,9-10,13,18H,5,8H2,1-4H3,(H,19,21). The molecule has 0 bridgehead atoms. The molecule has 0 aliphatic heterocycles. The third-order valence-corrected chi connectivity index (χ3v) is 3.44. The van der Waals surface area contributed by atoms with Crippen LogP contribution < -0.4 is 5.32 Å². The molecule has 0 saturated heterocycles. The summed E-state index contributed by atoms with van der Waals surface area (Å²) in [6.07, 6.45) is 3.21. The minimum absolute atomic E-state index is 0.108. The van der Waals surface area contributed by atoms with Gasteiger partial charge in [-0.15, -0.1) is 0 Å². The van der Waals surface area contributed by atoms with Crippen molar-refractivity contribution in [3.05, 3.63) is 35.7 Å². The predicted molar refractivity (Wildman–Crippen MR) is 80.8 cm³/mol. The highest BCUT2D eigenvalue weighted by molar-refractivity contribution is 5.92. The molecule has 2 N–H and O–H groups in total. The molecule has 1 atom stereocenters. The van der Waals surface area contributed by atoms with Gasteiger partial charge in [-0.1, -0.05) is 20.8 Å². The first-order chi connectivity index (χ1) is 10.0. The first-order valence-corrected chi connectivity index (χ1v) is 7.33. The number of rotatable bonds is 6. The van der Waals surface area contributed by atoms with Gasteiger partial charge in [0.15, 0.2) is 0 Å². The van der Waals surface area contributed by atoms with Gasteiger partial charge < -0.3 is 10.3 Å². The van der Waals surface area contributed by atoms with Crippen molar-refractivity contribution in [2.45, 2.75) is 39.7 Å². The van der Waals surface area contributed by atoms with Crippen LogP contribution in [0, 0.1) is 5.92 Å². The highest BCUT2D eigenvalue weighted by Gasteiger charge is 2.21. The highest BCUT2D eigenvalue weighted by Crippen LogP contribution is 2.19. The van der Waals surface area contributed by atoms with Crippen LogP contribution in [0.3, 0.4) is 0 Å². The minimum atomic E-state index is -0.140. The van der Waals surface area contributed by atoms with Crippen molar-refractivity contribution < 1.29 is 4.79 Å². The molecule has 0 radical (unpaired) electrons. The first kappa shape index (κ1) is 15.3. The van der Waals surface area contributed by atoms with E-state index >= 15 is 0 Å². The van der Waals surface area contributed by atoms with Gasteiger partial charge in [0.1, 0.15) is 17.8 Å². The summed E-state index contributed by atoms with van der Waals surface area (Å²) in [5, 5.41) is 7.14. The molecular formula is C15H23N5O. The number of H-pyrrole nitrogens is 1. The van der Waals surface area contributed by atoms with Crippen LogP contribution in [0.15, 0.2) is 18.5 Å². The van der Waals surface area contributed by atoms with Gasteiger partial charge in [-0.25, -0.2) is 4.98 Å². The lowest BCUT2D eigenvalue weighted by Gasteiger charge is -2.19. The summed E-state index contributed by atoms with van der Waals surface area (Å²) < 4.78 is 1.71. The number of hydrogen-bond acceptors (Lipinski definition) is 3. The Morgan fingerprint density at radius 2 is 2.19 bits per heavy atom. The van der Waals surface area contributed by atoms with Gasteiger partial charge in [-0.2, -0.15) is 5.10 Å². The molecule has 0 spiro atoms. The van der Waals surface area contributed by atoms with E-state index in [0.717, 1.165) is 24.4 Å². The molecule has 2 aromatic heterocycles. The van der Waals surface area contributed by atoms with Crippen LogP contribution >= 0.6 is 0 Å². The van der Waals surface area contributed by atoms with Crippen LogP contribution in [-0.4, -0.2) is 25.7 Å². The fourth-order valence-corrected chi connectivity index (χ4v) is 2.34. The number of nitrogens with zero attached hydrogens (tertiary/aromatic N) is 3. The van der Waals surface area contributed by atoms with Crippen molar-refractivity contribution in [3.8, 4) is 0 Å². The Balaban J connectivity index is 2.15. The molecular weight excluding hydrogens is 266 g/mol. The molecule has 0 aliphatic rings. The maximum Gasteiger partial charge on any atom is 0.268 e. The number of nitrogens with one attached hydrogen (secondary N) is 2. The van der Waals surface area contributed by atoms with Crippen molar-refractivity contribution in [1.29, 1.82) is 0 Å². The SMILES string of the molecule is CCc1ccc(C(=O)NC(CC(C)C)c2ncnn2C)[nH]1. The summed E-state index contributed by atoms with van der Waals surface area (Å²) in [5.41, 5.74) is 1.64. The molecule has 6 nitrogen and oxygen atoms in total. The molecule has 0 aliphatic carbocycles. The fraction of sp³-hybridized carbons (Fsp3) is 0.533. The van der Waals surface area contributed by atoms with Crippen molar-refractivity contribution >= 4 is 5.91 Å². The van der Waals surface area contributed by atoms with Gasteiger partial charge in [0.2, 0.25) is 0 Å². The maximum atomic E-state index is 12.4. The second-order valence-electron chi connectivity index (χ2n) is 5.65. The van der Waals surface area contributed by atoms with E-state index in [1.807, 2.05) is 19.2 Å². The monoisotopic (exact) mass is 289 g/mol. The van der Waals surface area contributed by atoms with Crippen LogP contribution in [0.1, 0.15) is 55.2 Å². The number of hydrogen-bond donors (Lipinski definition) is 2. The lowest BCUT2D eigenvalue weighted by Crippen LogP contribution is -2.31. The lowest BCUT2D eigenvalue weighted by atomic mass is 10.0. The van der Waals surface area contributed by atoms with Crippen molar-refractivity contribution in [3.63, 3.8) is 0 Å². The molecule has 21 heavy (non-hydrogen) atoms. The van der Waals surface area contributed by atoms with Gasteiger partial charge in [-0.05, 0) is 30.9 Å². The summed E-state index contributed by atoms with van der Waals surface area (Å²) >= 11 is 0. The quantitative estimate of drug-likeness (QED) is 0.856. The molecule has 1 amide bonds. The third kappa shape index (κ3) is 3.71. The van der Waals surface area contributed by atoms with Gasteiger partial charge >= 0.3 is 0 Å². The number of aryl methyl sites for hydroxylation is 2. The first-order valence-electron chi connectivity index (χ1n) is 7.33. The van der Waals surface area contributed by atoms with E-state index in [2.05, 4.69) is 41.2 Å².